The van der Waals surface area contributed by atoms with Gasteiger partial charge in [-0.2, -0.15) is 0 Å². The number of hydrogen-bond acceptors (Lipinski definition) is 3. The molecule has 2 atom stereocenters. The normalized spacial score (nSPS) is 21.2. The second kappa shape index (κ2) is 8.58. The zero-order valence-electron chi connectivity index (χ0n) is 18.9. The summed E-state index contributed by atoms with van der Waals surface area (Å²) in [6.07, 6.45) is 6.82. The molecule has 1 saturated carbocycles. The van der Waals surface area contributed by atoms with Crippen molar-refractivity contribution in [3.05, 3.63) is 77.4 Å². The Kier molecular flexibility index (Phi) is 5.64. The first kappa shape index (κ1) is 21.0. The molecule has 0 bridgehead atoms. The van der Waals surface area contributed by atoms with Gasteiger partial charge in [0, 0.05) is 29.3 Å². The Bertz CT molecular complexity index is 1100. The molecule has 5 nitrogen and oxygen atoms in total. The SMILES string of the molecule is COc1ccc(-n2c(C)cc([C@@H]3[C@@H](c4ccccn4)NC(=S)N3C3CCCC3)c2C)cc1. The third kappa shape index (κ3) is 3.56. The molecule has 1 aliphatic carbocycles. The minimum atomic E-state index is 0.0362. The quantitative estimate of drug-likeness (QED) is 0.531. The van der Waals surface area contributed by atoms with Gasteiger partial charge in [0.05, 0.1) is 24.9 Å². The molecule has 1 aromatic carbocycles. The summed E-state index contributed by atoms with van der Waals surface area (Å²) >= 11 is 5.90. The second-order valence-electron chi connectivity index (χ2n) is 8.83. The summed E-state index contributed by atoms with van der Waals surface area (Å²) in [5.41, 5.74) is 5.95. The van der Waals surface area contributed by atoms with Crippen molar-refractivity contribution in [3.63, 3.8) is 0 Å². The van der Waals surface area contributed by atoms with E-state index in [1.54, 1.807) is 7.11 Å². The highest BCUT2D eigenvalue weighted by Gasteiger charge is 2.44. The van der Waals surface area contributed by atoms with E-state index in [0.29, 0.717) is 6.04 Å². The fraction of sp³-hybridized carbons (Fsp3) is 0.385. The molecule has 3 aromatic rings. The van der Waals surface area contributed by atoms with Gasteiger partial charge >= 0.3 is 0 Å². The van der Waals surface area contributed by atoms with Crippen LogP contribution >= 0.6 is 12.2 Å². The van der Waals surface area contributed by atoms with Gasteiger partial charge in [0.15, 0.2) is 5.11 Å². The average molecular weight is 447 g/mol. The Morgan fingerprint density at radius 2 is 1.81 bits per heavy atom. The predicted octanol–water partition coefficient (Wildman–Crippen LogP) is 5.41. The number of methoxy groups -OCH3 is 1. The molecule has 2 aromatic heterocycles. The summed E-state index contributed by atoms with van der Waals surface area (Å²) in [4.78, 5) is 7.17. The van der Waals surface area contributed by atoms with E-state index < -0.39 is 0 Å². The molecule has 5 rings (SSSR count). The zero-order chi connectivity index (χ0) is 22.2. The maximum absolute atomic E-state index is 5.90. The van der Waals surface area contributed by atoms with Gasteiger partial charge in [-0.3, -0.25) is 4.98 Å². The standard InChI is InChI=1S/C26H30N4OS/c1-17-16-22(18(2)29(17)20-11-13-21(31-3)14-12-20)25-24(23-10-6-7-15-27-23)28-26(32)30(25)19-8-4-5-9-19/h6-7,10-16,19,24-25H,4-5,8-9H2,1-3H3,(H,28,32)/t24-,25-/m1/s1. The van der Waals surface area contributed by atoms with Gasteiger partial charge in [0.2, 0.25) is 0 Å². The van der Waals surface area contributed by atoms with Gasteiger partial charge in [0.1, 0.15) is 5.75 Å². The Morgan fingerprint density at radius 1 is 1.06 bits per heavy atom. The maximum atomic E-state index is 5.90. The van der Waals surface area contributed by atoms with Gasteiger partial charge in [0.25, 0.3) is 0 Å². The number of nitrogens with zero attached hydrogens (tertiary/aromatic N) is 3. The summed E-state index contributed by atoms with van der Waals surface area (Å²) in [5.74, 6) is 0.865. The first-order valence-corrected chi connectivity index (χ1v) is 11.8. The first-order valence-electron chi connectivity index (χ1n) is 11.4. The molecule has 32 heavy (non-hydrogen) atoms. The third-order valence-electron chi connectivity index (χ3n) is 6.97. The maximum Gasteiger partial charge on any atom is 0.170 e. The lowest BCUT2D eigenvalue weighted by molar-refractivity contribution is 0.245. The lowest BCUT2D eigenvalue weighted by atomic mass is 9.95. The van der Waals surface area contributed by atoms with Crippen molar-refractivity contribution in [2.75, 3.05) is 7.11 Å². The zero-order valence-corrected chi connectivity index (χ0v) is 19.7. The molecule has 2 aliphatic rings. The van der Waals surface area contributed by atoms with Crippen molar-refractivity contribution in [1.29, 1.82) is 0 Å². The summed E-state index contributed by atoms with van der Waals surface area (Å²) in [7, 11) is 1.70. The van der Waals surface area contributed by atoms with E-state index in [-0.39, 0.29) is 12.1 Å². The number of thiocarbonyl (C=S) groups is 1. The van der Waals surface area contributed by atoms with Crippen LogP contribution in [-0.2, 0) is 0 Å². The number of aryl methyl sites for hydroxylation is 1. The molecule has 1 saturated heterocycles. The van der Waals surface area contributed by atoms with Crippen LogP contribution in [0.15, 0.2) is 54.7 Å². The molecule has 3 heterocycles. The second-order valence-corrected chi connectivity index (χ2v) is 9.22. The third-order valence-corrected chi connectivity index (χ3v) is 7.30. The largest absolute Gasteiger partial charge is 0.497 e. The Hall–Kier alpha value is -2.86. The molecule has 166 valence electrons. The van der Waals surface area contributed by atoms with Crippen LogP contribution in [0.1, 0.15) is 60.4 Å². The topological polar surface area (TPSA) is 42.3 Å². The highest BCUT2D eigenvalue weighted by Crippen LogP contribution is 2.44. The van der Waals surface area contributed by atoms with E-state index in [9.17, 15) is 0 Å². The van der Waals surface area contributed by atoms with Crippen LogP contribution in [0.5, 0.6) is 5.75 Å². The molecule has 1 aliphatic heterocycles. The lowest BCUT2D eigenvalue weighted by Gasteiger charge is -2.33. The smallest absolute Gasteiger partial charge is 0.170 e. The van der Waals surface area contributed by atoms with Crippen LogP contribution in [0.25, 0.3) is 5.69 Å². The fourth-order valence-electron chi connectivity index (χ4n) is 5.49. The van der Waals surface area contributed by atoms with Crippen LogP contribution < -0.4 is 10.1 Å². The number of rotatable bonds is 5. The Balaban J connectivity index is 1.61. The van der Waals surface area contributed by atoms with E-state index in [2.05, 4.69) is 59.0 Å². The van der Waals surface area contributed by atoms with Crippen molar-refractivity contribution in [2.24, 2.45) is 0 Å². The summed E-state index contributed by atoms with van der Waals surface area (Å²) in [5, 5.41) is 4.48. The molecule has 2 fully saturated rings. The van der Waals surface area contributed by atoms with Crippen molar-refractivity contribution in [2.45, 2.75) is 57.7 Å². The van der Waals surface area contributed by atoms with Crippen LogP contribution in [0.4, 0.5) is 0 Å². The Labute approximate surface area is 195 Å². The van der Waals surface area contributed by atoms with E-state index in [0.717, 1.165) is 22.2 Å². The number of aromatic nitrogens is 2. The first-order chi connectivity index (χ1) is 15.6. The van der Waals surface area contributed by atoms with Crippen molar-refractivity contribution < 1.29 is 4.74 Å². The highest BCUT2D eigenvalue weighted by atomic mass is 32.1. The van der Waals surface area contributed by atoms with Gasteiger partial charge in [-0.15, -0.1) is 0 Å². The molecule has 1 N–H and O–H groups in total. The monoisotopic (exact) mass is 446 g/mol. The molecule has 0 spiro atoms. The number of hydrogen-bond donors (Lipinski definition) is 1. The van der Waals surface area contributed by atoms with Crippen LogP contribution in [0, 0.1) is 13.8 Å². The van der Waals surface area contributed by atoms with E-state index in [4.69, 9.17) is 21.9 Å². The minimum Gasteiger partial charge on any atom is -0.497 e. The molecule has 0 unspecified atom stereocenters. The van der Waals surface area contributed by atoms with Crippen molar-refractivity contribution >= 4 is 17.3 Å². The summed E-state index contributed by atoms with van der Waals surface area (Å²) < 4.78 is 7.68. The molecule has 0 amide bonds. The fourth-order valence-corrected chi connectivity index (χ4v) is 5.88. The molecule has 0 radical (unpaired) electrons. The van der Waals surface area contributed by atoms with Crippen LogP contribution in [0.2, 0.25) is 0 Å². The van der Waals surface area contributed by atoms with Gasteiger partial charge in [-0.05, 0) is 86.9 Å². The van der Waals surface area contributed by atoms with Crippen molar-refractivity contribution in [3.8, 4) is 11.4 Å². The highest BCUT2D eigenvalue weighted by molar-refractivity contribution is 7.80. The minimum absolute atomic E-state index is 0.0362. The lowest BCUT2D eigenvalue weighted by Crippen LogP contribution is -2.37. The number of benzene rings is 1. The summed E-state index contributed by atoms with van der Waals surface area (Å²) in [6, 6.07) is 17.4. The summed E-state index contributed by atoms with van der Waals surface area (Å²) in [6.45, 7) is 4.40. The average Bonchev–Trinajstić information content (AvgIpc) is 3.52. The molecular weight excluding hydrogens is 416 g/mol. The number of ether oxygens (including phenoxy) is 1. The van der Waals surface area contributed by atoms with Gasteiger partial charge in [-0.1, -0.05) is 18.9 Å². The van der Waals surface area contributed by atoms with E-state index >= 15 is 0 Å². The number of nitrogens with one attached hydrogen (secondary N) is 1. The van der Waals surface area contributed by atoms with Crippen molar-refractivity contribution in [1.82, 2.24) is 19.8 Å². The van der Waals surface area contributed by atoms with E-state index in [1.165, 1.54) is 42.6 Å². The van der Waals surface area contributed by atoms with Crippen LogP contribution in [-0.4, -0.2) is 32.7 Å². The predicted molar refractivity (Wildman–Crippen MR) is 131 cm³/mol. The van der Waals surface area contributed by atoms with Gasteiger partial charge < -0.3 is 19.5 Å². The number of pyridine rings is 1. The van der Waals surface area contributed by atoms with Crippen LogP contribution in [0.3, 0.4) is 0 Å². The molecule has 6 heteroatoms. The van der Waals surface area contributed by atoms with Gasteiger partial charge in [-0.25, -0.2) is 0 Å². The van der Waals surface area contributed by atoms with E-state index in [1.807, 2.05) is 24.4 Å². The Morgan fingerprint density at radius 3 is 2.47 bits per heavy atom. The molecular formula is C26H30N4OS.